The topological polar surface area (TPSA) is 108 Å². The van der Waals surface area contributed by atoms with Crippen molar-refractivity contribution in [3.05, 3.63) is 65.3 Å². The summed E-state index contributed by atoms with van der Waals surface area (Å²) in [7, 11) is 1.19. The molecule has 3 aromatic heterocycles. The first kappa shape index (κ1) is 28.2. The predicted molar refractivity (Wildman–Crippen MR) is 143 cm³/mol. The molecule has 1 fully saturated rings. The van der Waals surface area contributed by atoms with Crippen LogP contribution in [0.2, 0.25) is 0 Å². The summed E-state index contributed by atoms with van der Waals surface area (Å²) in [5, 5.41) is 0. The van der Waals surface area contributed by atoms with Crippen molar-refractivity contribution in [2.24, 2.45) is 0 Å². The third-order valence-electron chi connectivity index (χ3n) is 6.52. The number of hydrogen-bond acceptors (Lipinski definition) is 8. The highest BCUT2D eigenvalue weighted by molar-refractivity contribution is 5.87. The minimum absolute atomic E-state index is 0.00341. The second kappa shape index (κ2) is 10.9. The summed E-state index contributed by atoms with van der Waals surface area (Å²) in [4.78, 5) is 34.5. The number of morpholine rings is 1. The highest BCUT2D eigenvalue weighted by atomic mass is 19.1. The molecule has 1 saturated heterocycles. The van der Waals surface area contributed by atoms with Gasteiger partial charge in [0.05, 0.1) is 43.3 Å². The van der Waals surface area contributed by atoms with E-state index in [4.69, 9.17) is 13.9 Å². The summed E-state index contributed by atoms with van der Waals surface area (Å²) >= 11 is 0. The van der Waals surface area contributed by atoms with Crippen molar-refractivity contribution in [3.8, 4) is 22.7 Å². The van der Waals surface area contributed by atoms with Crippen LogP contribution in [0.1, 0.15) is 42.5 Å². The molecular formula is C29H30F2N4O6. The van der Waals surface area contributed by atoms with Gasteiger partial charge < -0.3 is 27.9 Å². The number of carbonyl (C=O) groups is 2. The van der Waals surface area contributed by atoms with E-state index in [9.17, 15) is 9.59 Å². The van der Waals surface area contributed by atoms with Crippen molar-refractivity contribution < 1.29 is 37.0 Å². The molecule has 12 heteroatoms. The molecule has 0 aliphatic carbocycles. The average molecular weight is 569 g/mol. The number of pyridine rings is 1. The van der Waals surface area contributed by atoms with Gasteiger partial charge >= 0.3 is 12.1 Å². The Balaban J connectivity index is 1.51. The standard InChI is InChI=1S/C29H30F2N4O6/c1-16-6-7-35-22(13-18-14-34(8-9-39-18)28(37)41-29(2,3)4)25(33-23(35)10-16)24-19(30)11-17(12-20(24)31)26-32-21(15-40-26)27(36)38-5/h6-7,10-12,15,18H,8-9,13-14H2,1-5H3. The van der Waals surface area contributed by atoms with Crippen LogP contribution in [0.3, 0.4) is 0 Å². The molecule has 5 rings (SSSR count). The number of esters is 1. The van der Waals surface area contributed by atoms with E-state index in [0.717, 1.165) is 24.0 Å². The second-order valence-corrected chi connectivity index (χ2v) is 10.8. The van der Waals surface area contributed by atoms with Crippen LogP contribution >= 0.6 is 0 Å². The molecule has 4 heterocycles. The van der Waals surface area contributed by atoms with E-state index < -0.39 is 35.4 Å². The molecule has 41 heavy (non-hydrogen) atoms. The minimum atomic E-state index is -0.890. The number of hydrogen-bond donors (Lipinski definition) is 0. The van der Waals surface area contributed by atoms with Crippen molar-refractivity contribution in [2.45, 2.75) is 45.8 Å². The quantitative estimate of drug-likeness (QED) is 0.302. The maximum absolute atomic E-state index is 15.7. The fourth-order valence-electron chi connectivity index (χ4n) is 4.67. The summed E-state index contributed by atoms with van der Waals surface area (Å²) in [5.41, 5.74) is 0.959. The number of amides is 1. The molecule has 10 nitrogen and oxygen atoms in total. The van der Waals surface area contributed by atoms with Crippen LogP contribution in [0, 0.1) is 18.6 Å². The Kier molecular flexibility index (Phi) is 7.52. The molecule has 1 aliphatic heterocycles. The molecule has 1 aromatic carbocycles. The first-order valence-electron chi connectivity index (χ1n) is 13.0. The summed E-state index contributed by atoms with van der Waals surface area (Å²) in [6, 6.07) is 5.83. The van der Waals surface area contributed by atoms with Crippen LogP contribution in [-0.2, 0) is 20.6 Å². The molecular weight excluding hydrogens is 538 g/mol. The monoisotopic (exact) mass is 568 g/mol. The summed E-state index contributed by atoms with van der Waals surface area (Å²) < 4.78 is 54.4. The van der Waals surface area contributed by atoms with Crippen LogP contribution in [-0.4, -0.2) is 69.8 Å². The Hall–Kier alpha value is -4.32. The molecule has 1 aliphatic rings. The summed E-state index contributed by atoms with van der Waals surface area (Å²) in [6.45, 7) is 8.18. The van der Waals surface area contributed by atoms with Crippen LogP contribution < -0.4 is 0 Å². The lowest BCUT2D eigenvalue weighted by molar-refractivity contribution is -0.0418. The molecule has 0 bridgehead atoms. The maximum Gasteiger partial charge on any atom is 0.410 e. The Labute approximate surface area is 234 Å². The smallest absolute Gasteiger partial charge is 0.410 e. The average Bonchev–Trinajstić information content (AvgIpc) is 3.53. The number of aromatic nitrogens is 3. The number of rotatable bonds is 5. The number of methoxy groups -OCH3 is 1. The Morgan fingerprint density at radius 1 is 1.15 bits per heavy atom. The number of fused-ring (bicyclic) bond motifs is 1. The number of benzene rings is 1. The lowest BCUT2D eigenvalue weighted by Crippen LogP contribution is -2.48. The van der Waals surface area contributed by atoms with E-state index in [1.807, 2.05) is 19.1 Å². The van der Waals surface area contributed by atoms with Crippen LogP contribution in [0.25, 0.3) is 28.4 Å². The zero-order valence-corrected chi connectivity index (χ0v) is 23.4. The van der Waals surface area contributed by atoms with Gasteiger partial charge in [0, 0.05) is 24.7 Å². The third-order valence-corrected chi connectivity index (χ3v) is 6.52. The van der Waals surface area contributed by atoms with Crippen LogP contribution in [0.5, 0.6) is 0 Å². The highest BCUT2D eigenvalue weighted by Crippen LogP contribution is 2.34. The fourth-order valence-corrected chi connectivity index (χ4v) is 4.67. The van der Waals surface area contributed by atoms with Gasteiger partial charge in [-0.15, -0.1) is 0 Å². The van der Waals surface area contributed by atoms with Gasteiger partial charge in [-0.05, 0) is 57.5 Å². The van der Waals surface area contributed by atoms with Crippen molar-refractivity contribution >= 4 is 17.7 Å². The SMILES string of the molecule is COC(=O)c1coc(-c2cc(F)c(-c3nc4cc(C)ccn4c3CC3CN(C(=O)OC(C)(C)C)CCO3)c(F)c2)n1. The number of imidazole rings is 1. The molecule has 0 spiro atoms. The predicted octanol–water partition coefficient (Wildman–Crippen LogP) is 5.21. The Morgan fingerprint density at radius 3 is 2.56 bits per heavy atom. The van der Waals surface area contributed by atoms with Crippen LogP contribution in [0.15, 0.2) is 41.1 Å². The minimum Gasteiger partial charge on any atom is -0.464 e. The van der Waals surface area contributed by atoms with Gasteiger partial charge in [0.1, 0.15) is 29.1 Å². The van der Waals surface area contributed by atoms with Crippen molar-refractivity contribution in [1.29, 1.82) is 0 Å². The van der Waals surface area contributed by atoms with Crippen molar-refractivity contribution in [3.63, 3.8) is 0 Å². The molecule has 0 saturated carbocycles. The Bertz CT molecular complexity index is 1600. The zero-order chi connectivity index (χ0) is 29.5. The number of halogens is 2. The van der Waals surface area contributed by atoms with Crippen LogP contribution in [0.4, 0.5) is 13.6 Å². The summed E-state index contributed by atoms with van der Waals surface area (Å²) in [6.07, 6.45) is 2.15. The van der Waals surface area contributed by atoms with E-state index in [2.05, 4.69) is 14.7 Å². The first-order chi connectivity index (χ1) is 19.4. The van der Waals surface area contributed by atoms with Gasteiger partial charge in [0.15, 0.2) is 5.69 Å². The third kappa shape index (κ3) is 5.92. The number of aryl methyl sites for hydroxylation is 1. The molecule has 1 atom stereocenters. The number of oxazole rings is 1. The van der Waals surface area contributed by atoms with E-state index in [1.54, 1.807) is 36.3 Å². The van der Waals surface area contributed by atoms with Gasteiger partial charge in [-0.1, -0.05) is 0 Å². The van der Waals surface area contributed by atoms with Crippen molar-refractivity contribution in [2.75, 3.05) is 26.8 Å². The first-order valence-corrected chi connectivity index (χ1v) is 13.0. The molecule has 0 radical (unpaired) electrons. The van der Waals surface area contributed by atoms with Gasteiger partial charge in [-0.25, -0.2) is 28.3 Å². The lowest BCUT2D eigenvalue weighted by Gasteiger charge is -2.34. The molecule has 0 N–H and O–H groups in total. The number of carbonyl (C=O) groups excluding carboxylic acids is 2. The molecule has 4 aromatic rings. The second-order valence-electron chi connectivity index (χ2n) is 10.8. The Morgan fingerprint density at radius 2 is 1.88 bits per heavy atom. The van der Waals surface area contributed by atoms with E-state index in [1.165, 1.54) is 7.11 Å². The fraction of sp³-hybridized carbons (Fsp3) is 0.379. The van der Waals surface area contributed by atoms with E-state index in [0.29, 0.717) is 17.9 Å². The molecule has 1 amide bonds. The van der Waals surface area contributed by atoms with E-state index in [-0.39, 0.29) is 48.0 Å². The van der Waals surface area contributed by atoms with Crippen molar-refractivity contribution in [1.82, 2.24) is 19.3 Å². The largest absolute Gasteiger partial charge is 0.464 e. The zero-order valence-electron chi connectivity index (χ0n) is 23.4. The van der Waals surface area contributed by atoms with Gasteiger partial charge in [0.2, 0.25) is 5.89 Å². The number of ether oxygens (including phenoxy) is 3. The van der Waals surface area contributed by atoms with Gasteiger partial charge in [-0.2, -0.15) is 0 Å². The molecule has 216 valence electrons. The summed E-state index contributed by atoms with van der Waals surface area (Å²) in [5.74, 6) is -2.66. The maximum atomic E-state index is 15.7. The highest BCUT2D eigenvalue weighted by Gasteiger charge is 2.31. The molecule has 1 unspecified atom stereocenters. The van der Waals surface area contributed by atoms with Gasteiger partial charge in [0.25, 0.3) is 0 Å². The van der Waals surface area contributed by atoms with E-state index >= 15 is 8.78 Å². The van der Waals surface area contributed by atoms with Gasteiger partial charge in [-0.3, -0.25) is 0 Å². The lowest BCUT2D eigenvalue weighted by atomic mass is 10.0. The number of nitrogens with zero attached hydrogens (tertiary/aromatic N) is 4. The normalized spacial score (nSPS) is 15.8.